The van der Waals surface area contributed by atoms with Crippen LogP contribution in [0.4, 0.5) is 8.78 Å². The monoisotopic (exact) mass is 146 g/mol. The SMILES string of the molecule is CC(=O)C(F)(F)Cl.O. The normalized spacial score (nSPS) is 10.0. The standard InChI is InChI=1S/C3H3ClF2O.H2O/c1-2(7)3(4,5)6;/h1H3;1H2. The largest absolute Gasteiger partial charge is 0.412 e. The Morgan fingerprint density at radius 2 is 1.75 bits per heavy atom. The Morgan fingerprint density at radius 3 is 1.75 bits per heavy atom. The van der Waals surface area contributed by atoms with E-state index >= 15 is 0 Å². The van der Waals surface area contributed by atoms with Crippen LogP contribution in [0.1, 0.15) is 6.92 Å². The van der Waals surface area contributed by atoms with E-state index in [2.05, 4.69) is 11.6 Å². The van der Waals surface area contributed by atoms with E-state index in [1.54, 1.807) is 0 Å². The summed E-state index contributed by atoms with van der Waals surface area (Å²) in [5, 5.41) is -3.67. The second-order valence-corrected chi connectivity index (χ2v) is 1.53. The lowest BCUT2D eigenvalue weighted by molar-refractivity contribution is -0.130. The number of halogens is 3. The molecular formula is C3H5ClF2O2. The number of ketones is 1. The zero-order valence-electron chi connectivity index (χ0n) is 4.04. The van der Waals surface area contributed by atoms with Crippen molar-refractivity contribution in [1.29, 1.82) is 0 Å². The van der Waals surface area contributed by atoms with E-state index in [9.17, 15) is 13.6 Å². The lowest BCUT2D eigenvalue weighted by Gasteiger charge is -1.97. The number of alkyl halides is 3. The van der Waals surface area contributed by atoms with E-state index < -0.39 is 11.2 Å². The van der Waals surface area contributed by atoms with E-state index in [0.717, 1.165) is 6.92 Å². The van der Waals surface area contributed by atoms with Gasteiger partial charge in [-0.15, -0.1) is 0 Å². The highest BCUT2D eigenvalue weighted by molar-refractivity contribution is 6.32. The lowest BCUT2D eigenvalue weighted by atomic mass is 10.5. The third-order valence-corrected chi connectivity index (χ3v) is 0.665. The van der Waals surface area contributed by atoms with Crippen LogP contribution < -0.4 is 0 Å². The highest BCUT2D eigenvalue weighted by Gasteiger charge is 2.30. The van der Waals surface area contributed by atoms with Gasteiger partial charge < -0.3 is 5.48 Å². The van der Waals surface area contributed by atoms with Crippen molar-refractivity contribution in [2.75, 3.05) is 0 Å². The van der Waals surface area contributed by atoms with Crippen LogP contribution in [0.5, 0.6) is 0 Å². The summed E-state index contributed by atoms with van der Waals surface area (Å²) in [5.41, 5.74) is 0. The molecule has 0 unspecified atom stereocenters. The number of Topliss-reactive ketones (excluding diaryl/α,β-unsaturated/α-hetero) is 1. The summed E-state index contributed by atoms with van der Waals surface area (Å²) >= 11 is 4.19. The highest BCUT2D eigenvalue weighted by atomic mass is 35.5. The summed E-state index contributed by atoms with van der Waals surface area (Å²) in [7, 11) is 0. The molecule has 0 heterocycles. The molecule has 0 spiro atoms. The Balaban J connectivity index is 0. The minimum Gasteiger partial charge on any atom is -0.412 e. The van der Waals surface area contributed by atoms with Crippen molar-refractivity contribution < 1.29 is 19.1 Å². The van der Waals surface area contributed by atoms with E-state index in [4.69, 9.17) is 0 Å². The Morgan fingerprint density at radius 1 is 1.62 bits per heavy atom. The van der Waals surface area contributed by atoms with E-state index in [1.165, 1.54) is 0 Å². The van der Waals surface area contributed by atoms with Crippen LogP contribution in [-0.4, -0.2) is 16.6 Å². The van der Waals surface area contributed by atoms with E-state index in [0.29, 0.717) is 0 Å². The molecule has 0 fully saturated rings. The van der Waals surface area contributed by atoms with Crippen molar-refractivity contribution in [3.63, 3.8) is 0 Å². The Kier molecular flexibility index (Phi) is 3.93. The van der Waals surface area contributed by atoms with Gasteiger partial charge in [0, 0.05) is 6.92 Å². The first-order valence-electron chi connectivity index (χ1n) is 1.52. The Hall–Kier alpha value is -0.220. The van der Waals surface area contributed by atoms with Crippen molar-refractivity contribution in [3.05, 3.63) is 0 Å². The quantitative estimate of drug-likeness (QED) is 0.500. The van der Waals surface area contributed by atoms with Crippen LogP contribution in [0.3, 0.4) is 0 Å². The van der Waals surface area contributed by atoms with Crippen LogP contribution in [-0.2, 0) is 4.79 Å². The molecule has 0 aliphatic heterocycles. The molecular weight excluding hydrogens is 141 g/mol. The number of hydrogen-bond acceptors (Lipinski definition) is 1. The molecule has 0 amide bonds. The first kappa shape index (κ1) is 10.7. The molecule has 0 radical (unpaired) electrons. The molecule has 0 aromatic carbocycles. The van der Waals surface area contributed by atoms with Gasteiger partial charge in [-0.3, -0.25) is 4.79 Å². The van der Waals surface area contributed by atoms with Crippen LogP contribution in [0.2, 0.25) is 0 Å². The summed E-state index contributed by atoms with van der Waals surface area (Å²) in [6.45, 7) is 0.729. The van der Waals surface area contributed by atoms with Crippen LogP contribution >= 0.6 is 11.6 Å². The predicted octanol–water partition coefficient (Wildman–Crippen LogP) is 0.582. The van der Waals surface area contributed by atoms with Crippen LogP contribution in [0.15, 0.2) is 0 Å². The van der Waals surface area contributed by atoms with Crippen LogP contribution in [0.25, 0.3) is 0 Å². The predicted molar refractivity (Wildman–Crippen MR) is 25.1 cm³/mol. The van der Waals surface area contributed by atoms with Gasteiger partial charge in [0.15, 0.2) is 0 Å². The Labute approximate surface area is 49.7 Å². The molecule has 0 rings (SSSR count). The van der Waals surface area contributed by atoms with Gasteiger partial charge >= 0.3 is 5.38 Å². The second-order valence-electron chi connectivity index (χ2n) is 1.05. The summed E-state index contributed by atoms with van der Waals surface area (Å²) in [6.07, 6.45) is 0. The molecule has 0 aliphatic rings. The molecule has 5 heteroatoms. The zero-order valence-corrected chi connectivity index (χ0v) is 4.80. The molecule has 0 aromatic rings. The smallest absolute Gasteiger partial charge is 0.380 e. The van der Waals surface area contributed by atoms with Gasteiger partial charge in [0.1, 0.15) is 0 Å². The van der Waals surface area contributed by atoms with Crippen molar-refractivity contribution in [3.8, 4) is 0 Å². The fourth-order valence-corrected chi connectivity index (χ4v) is 0. The first-order chi connectivity index (χ1) is 2.94. The lowest BCUT2D eigenvalue weighted by Crippen LogP contribution is -2.16. The number of carbonyl (C=O) groups excluding carboxylic acids is 1. The van der Waals surface area contributed by atoms with E-state index in [-0.39, 0.29) is 5.48 Å². The van der Waals surface area contributed by atoms with Crippen molar-refractivity contribution in [2.45, 2.75) is 12.3 Å². The fraction of sp³-hybridized carbons (Fsp3) is 0.667. The summed E-state index contributed by atoms with van der Waals surface area (Å²) in [4.78, 5) is 9.58. The first-order valence-corrected chi connectivity index (χ1v) is 1.90. The number of carbonyl (C=O) groups is 1. The van der Waals surface area contributed by atoms with Gasteiger partial charge in [-0.05, 0) is 11.6 Å². The third kappa shape index (κ3) is 3.95. The zero-order chi connectivity index (χ0) is 6.08. The minimum absolute atomic E-state index is 0. The molecule has 0 bridgehead atoms. The van der Waals surface area contributed by atoms with Gasteiger partial charge in [-0.25, -0.2) is 0 Å². The fourth-order valence-electron chi connectivity index (χ4n) is 0. The molecule has 50 valence electrons. The number of hydrogen-bond donors (Lipinski definition) is 0. The summed E-state index contributed by atoms with van der Waals surface area (Å²) < 4.78 is 22.5. The molecule has 0 saturated carbocycles. The molecule has 0 saturated heterocycles. The molecule has 8 heavy (non-hydrogen) atoms. The second kappa shape index (κ2) is 2.94. The van der Waals surface area contributed by atoms with Crippen molar-refractivity contribution in [1.82, 2.24) is 0 Å². The van der Waals surface area contributed by atoms with Gasteiger partial charge in [0.05, 0.1) is 0 Å². The summed E-state index contributed by atoms with van der Waals surface area (Å²) in [5.74, 6) is -1.32. The van der Waals surface area contributed by atoms with Gasteiger partial charge in [-0.1, -0.05) is 0 Å². The Bertz CT molecular complexity index is 87.8. The van der Waals surface area contributed by atoms with E-state index in [1.807, 2.05) is 0 Å². The van der Waals surface area contributed by atoms with Crippen LogP contribution in [0, 0.1) is 0 Å². The maximum atomic E-state index is 11.3. The average Bonchev–Trinajstić information content (AvgIpc) is 1.31. The maximum Gasteiger partial charge on any atom is 0.380 e. The molecule has 2 N–H and O–H groups in total. The number of rotatable bonds is 1. The maximum absolute atomic E-state index is 11.3. The van der Waals surface area contributed by atoms with Crippen molar-refractivity contribution >= 4 is 17.4 Å². The minimum atomic E-state index is -3.67. The third-order valence-electron chi connectivity index (χ3n) is 0.399. The molecule has 2 nitrogen and oxygen atoms in total. The van der Waals surface area contributed by atoms with Gasteiger partial charge in [0.2, 0.25) is 5.78 Å². The van der Waals surface area contributed by atoms with Crippen molar-refractivity contribution in [2.24, 2.45) is 0 Å². The summed E-state index contributed by atoms with van der Waals surface area (Å²) in [6, 6.07) is 0. The molecule has 0 aromatic heterocycles. The van der Waals surface area contributed by atoms with Gasteiger partial charge in [-0.2, -0.15) is 8.78 Å². The highest BCUT2D eigenvalue weighted by Crippen LogP contribution is 2.18. The topological polar surface area (TPSA) is 48.6 Å². The van der Waals surface area contributed by atoms with Gasteiger partial charge in [0.25, 0.3) is 0 Å². The molecule has 0 atom stereocenters. The molecule has 0 aliphatic carbocycles. The average molecular weight is 147 g/mol.